The van der Waals surface area contributed by atoms with Gasteiger partial charge in [0.2, 0.25) is 5.91 Å². The Morgan fingerprint density at radius 3 is 3.05 bits per heavy atom. The van der Waals surface area contributed by atoms with E-state index in [0.29, 0.717) is 18.8 Å². The fourth-order valence-electron chi connectivity index (χ4n) is 2.50. The normalized spacial score (nSPS) is 13.5. The van der Waals surface area contributed by atoms with Crippen LogP contribution in [0.15, 0.2) is 36.5 Å². The van der Waals surface area contributed by atoms with Crippen LogP contribution in [-0.4, -0.2) is 29.9 Å². The number of nitrogens with zero attached hydrogens (tertiary/aromatic N) is 2. The van der Waals surface area contributed by atoms with Crippen LogP contribution in [0.1, 0.15) is 16.1 Å². The maximum atomic E-state index is 12.5. The lowest BCUT2D eigenvalue weighted by Gasteiger charge is -2.30. The molecule has 1 amide bonds. The Morgan fingerprint density at radius 1 is 1.38 bits per heavy atom. The monoisotopic (exact) mass is 284 g/mol. The summed E-state index contributed by atoms with van der Waals surface area (Å²) in [5.41, 5.74) is 2.37. The van der Waals surface area contributed by atoms with E-state index < -0.39 is 0 Å². The highest BCUT2D eigenvalue weighted by molar-refractivity contribution is 5.95. The molecule has 1 aliphatic heterocycles. The van der Waals surface area contributed by atoms with Gasteiger partial charge in [0.1, 0.15) is 18.9 Å². The molecule has 0 aliphatic carbocycles. The van der Waals surface area contributed by atoms with E-state index in [0.717, 1.165) is 23.3 Å². The van der Waals surface area contributed by atoms with Crippen molar-refractivity contribution in [2.24, 2.45) is 0 Å². The number of aromatic nitrogens is 1. The molecule has 0 bridgehead atoms. The quantitative estimate of drug-likeness (QED) is 0.810. The molecule has 1 aromatic heterocycles. The summed E-state index contributed by atoms with van der Waals surface area (Å²) in [7, 11) is 0. The summed E-state index contributed by atoms with van der Waals surface area (Å²) in [5, 5.41) is 0. The predicted molar refractivity (Wildman–Crippen MR) is 78.8 cm³/mol. The highest BCUT2D eigenvalue weighted by atomic mass is 16.5. The Balaban J connectivity index is 1.86. The Hall–Kier alpha value is -2.56. The average Bonchev–Trinajstić information content (AvgIpc) is 2.93. The average molecular weight is 284 g/mol. The number of carbonyl (C=O) groups is 2. The number of hydrogen-bond donors (Lipinski definition) is 0. The molecule has 0 unspecified atom stereocenters. The number of benzene rings is 1. The molecule has 2 heterocycles. The standard InChI is InChI=1S/C16H16N2O3/c1-12-4-5-15-14(9-12)18(7-8-21-15)16(20)10-17-6-2-3-13(17)11-19/h2-6,9,11H,7-8,10H2,1H3. The van der Waals surface area contributed by atoms with Gasteiger partial charge in [-0.1, -0.05) is 6.07 Å². The van der Waals surface area contributed by atoms with Crippen molar-refractivity contribution in [3.8, 4) is 5.75 Å². The van der Waals surface area contributed by atoms with Crippen molar-refractivity contribution in [1.82, 2.24) is 4.57 Å². The number of ether oxygens (including phenoxy) is 1. The Morgan fingerprint density at radius 2 is 2.24 bits per heavy atom. The van der Waals surface area contributed by atoms with Crippen LogP contribution in [0.3, 0.4) is 0 Å². The number of amides is 1. The van der Waals surface area contributed by atoms with Gasteiger partial charge in [0.15, 0.2) is 6.29 Å². The molecular weight excluding hydrogens is 268 g/mol. The number of fused-ring (bicyclic) bond motifs is 1. The third kappa shape index (κ3) is 2.54. The molecule has 5 heteroatoms. The summed E-state index contributed by atoms with van der Waals surface area (Å²) in [6.07, 6.45) is 2.49. The SMILES string of the molecule is Cc1ccc2c(c1)N(C(=O)Cn1cccc1C=O)CCO2. The van der Waals surface area contributed by atoms with Gasteiger partial charge in [0, 0.05) is 6.20 Å². The molecule has 1 aromatic carbocycles. The lowest BCUT2D eigenvalue weighted by Crippen LogP contribution is -2.40. The first-order valence-corrected chi connectivity index (χ1v) is 6.83. The van der Waals surface area contributed by atoms with Gasteiger partial charge in [-0.2, -0.15) is 0 Å². The van der Waals surface area contributed by atoms with Gasteiger partial charge in [0.05, 0.1) is 17.9 Å². The van der Waals surface area contributed by atoms with Crippen LogP contribution in [0.4, 0.5) is 5.69 Å². The summed E-state index contributed by atoms with van der Waals surface area (Å²) in [6.45, 7) is 3.13. The van der Waals surface area contributed by atoms with Gasteiger partial charge in [0.25, 0.3) is 0 Å². The van der Waals surface area contributed by atoms with Crippen molar-refractivity contribution in [3.05, 3.63) is 47.8 Å². The van der Waals surface area contributed by atoms with E-state index in [9.17, 15) is 9.59 Å². The topological polar surface area (TPSA) is 51.5 Å². The van der Waals surface area contributed by atoms with Crippen molar-refractivity contribution in [3.63, 3.8) is 0 Å². The molecule has 108 valence electrons. The van der Waals surface area contributed by atoms with Crippen LogP contribution < -0.4 is 9.64 Å². The Bertz CT molecular complexity index is 691. The summed E-state index contributed by atoms with van der Waals surface area (Å²) in [6, 6.07) is 9.24. The van der Waals surface area contributed by atoms with E-state index in [4.69, 9.17) is 4.74 Å². The summed E-state index contributed by atoms with van der Waals surface area (Å²) >= 11 is 0. The van der Waals surface area contributed by atoms with E-state index in [1.807, 2.05) is 25.1 Å². The van der Waals surface area contributed by atoms with Gasteiger partial charge in [-0.05, 0) is 36.8 Å². The zero-order valence-corrected chi connectivity index (χ0v) is 11.8. The van der Waals surface area contributed by atoms with Gasteiger partial charge in [-0.3, -0.25) is 9.59 Å². The number of hydrogen-bond acceptors (Lipinski definition) is 3. The number of aryl methyl sites for hydroxylation is 1. The van der Waals surface area contributed by atoms with Gasteiger partial charge >= 0.3 is 0 Å². The minimum absolute atomic E-state index is 0.0514. The molecule has 1 aliphatic rings. The van der Waals surface area contributed by atoms with Crippen molar-refractivity contribution in [2.45, 2.75) is 13.5 Å². The Kier molecular flexibility index (Phi) is 3.48. The van der Waals surface area contributed by atoms with Gasteiger partial charge < -0.3 is 14.2 Å². The van der Waals surface area contributed by atoms with Gasteiger partial charge in [-0.25, -0.2) is 0 Å². The number of rotatable bonds is 3. The summed E-state index contributed by atoms with van der Waals surface area (Å²) in [4.78, 5) is 25.2. The van der Waals surface area contributed by atoms with E-state index in [-0.39, 0.29) is 12.5 Å². The zero-order valence-electron chi connectivity index (χ0n) is 11.8. The molecular formula is C16H16N2O3. The fraction of sp³-hybridized carbons (Fsp3) is 0.250. The summed E-state index contributed by atoms with van der Waals surface area (Å²) in [5.74, 6) is 0.674. The van der Waals surface area contributed by atoms with E-state index in [2.05, 4.69) is 0 Å². The second-order valence-corrected chi connectivity index (χ2v) is 5.04. The van der Waals surface area contributed by atoms with Crippen molar-refractivity contribution in [2.75, 3.05) is 18.1 Å². The van der Waals surface area contributed by atoms with E-state index in [1.54, 1.807) is 27.8 Å². The molecule has 21 heavy (non-hydrogen) atoms. The maximum absolute atomic E-state index is 12.5. The highest BCUT2D eigenvalue weighted by Gasteiger charge is 2.24. The maximum Gasteiger partial charge on any atom is 0.247 e. The fourth-order valence-corrected chi connectivity index (χ4v) is 2.50. The van der Waals surface area contributed by atoms with Crippen molar-refractivity contribution in [1.29, 1.82) is 0 Å². The van der Waals surface area contributed by atoms with Crippen molar-refractivity contribution < 1.29 is 14.3 Å². The minimum Gasteiger partial charge on any atom is -0.490 e. The molecule has 0 atom stereocenters. The first-order chi connectivity index (χ1) is 10.2. The third-order valence-corrected chi connectivity index (χ3v) is 3.57. The van der Waals surface area contributed by atoms with Gasteiger partial charge in [-0.15, -0.1) is 0 Å². The molecule has 0 radical (unpaired) electrons. The molecule has 0 saturated carbocycles. The molecule has 0 N–H and O–H groups in total. The summed E-state index contributed by atoms with van der Waals surface area (Å²) < 4.78 is 7.24. The highest BCUT2D eigenvalue weighted by Crippen LogP contribution is 2.32. The lowest BCUT2D eigenvalue weighted by atomic mass is 10.1. The largest absolute Gasteiger partial charge is 0.490 e. The second kappa shape index (κ2) is 5.44. The molecule has 0 fully saturated rings. The number of carbonyl (C=O) groups excluding carboxylic acids is 2. The van der Waals surface area contributed by atoms with E-state index in [1.165, 1.54) is 0 Å². The zero-order chi connectivity index (χ0) is 14.8. The van der Waals surface area contributed by atoms with Crippen LogP contribution in [0.2, 0.25) is 0 Å². The first-order valence-electron chi connectivity index (χ1n) is 6.83. The predicted octanol–water partition coefficient (Wildman–Crippen LogP) is 2.03. The lowest BCUT2D eigenvalue weighted by molar-refractivity contribution is -0.119. The number of aldehydes is 1. The Labute approximate surface area is 122 Å². The molecule has 2 aromatic rings. The molecule has 3 rings (SSSR count). The molecule has 0 spiro atoms. The number of anilines is 1. The minimum atomic E-state index is -0.0514. The van der Waals surface area contributed by atoms with E-state index >= 15 is 0 Å². The third-order valence-electron chi connectivity index (χ3n) is 3.57. The van der Waals surface area contributed by atoms with Crippen LogP contribution in [0.25, 0.3) is 0 Å². The van der Waals surface area contributed by atoms with Crippen LogP contribution in [-0.2, 0) is 11.3 Å². The first kappa shape index (κ1) is 13.4. The molecule has 5 nitrogen and oxygen atoms in total. The smallest absolute Gasteiger partial charge is 0.247 e. The van der Waals surface area contributed by atoms with Crippen LogP contribution in [0.5, 0.6) is 5.75 Å². The van der Waals surface area contributed by atoms with Crippen LogP contribution in [0, 0.1) is 6.92 Å². The van der Waals surface area contributed by atoms with Crippen molar-refractivity contribution >= 4 is 17.9 Å². The van der Waals surface area contributed by atoms with Crippen LogP contribution >= 0.6 is 0 Å². The molecule has 0 saturated heterocycles. The second-order valence-electron chi connectivity index (χ2n) is 5.04.